The fraction of sp³-hybridized carbons (Fsp3) is 0.125. The molecular formula is C16H16N4. The Hall–Kier alpha value is -2.30. The number of fused-ring (bicyclic) bond motifs is 1. The van der Waals surface area contributed by atoms with E-state index in [0.29, 0.717) is 0 Å². The van der Waals surface area contributed by atoms with Gasteiger partial charge in [0.15, 0.2) is 0 Å². The van der Waals surface area contributed by atoms with Crippen LogP contribution >= 0.6 is 0 Å². The van der Waals surface area contributed by atoms with Gasteiger partial charge in [-0.15, -0.1) is 0 Å². The van der Waals surface area contributed by atoms with Crippen LogP contribution in [-0.2, 0) is 0 Å². The van der Waals surface area contributed by atoms with Gasteiger partial charge in [-0.3, -0.25) is 15.8 Å². The van der Waals surface area contributed by atoms with Crippen molar-refractivity contribution in [1.29, 1.82) is 0 Å². The molecule has 0 saturated carbocycles. The molecule has 100 valence electrons. The van der Waals surface area contributed by atoms with Crippen molar-refractivity contribution in [3.8, 4) is 0 Å². The maximum Gasteiger partial charge on any atom is 0.0711 e. The first kappa shape index (κ1) is 12.7. The molecule has 4 nitrogen and oxygen atoms in total. The molecule has 2 aromatic heterocycles. The summed E-state index contributed by atoms with van der Waals surface area (Å²) < 4.78 is 0. The molecule has 0 aliphatic rings. The second-order valence-electron chi connectivity index (χ2n) is 4.78. The third-order valence-corrected chi connectivity index (χ3v) is 3.39. The number of nitrogens with one attached hydrogen (secondary N) is 1. The molecule has 0 aliphatic carbocycles. The lowest BCUT2D eigenvalue weighted by molar-refractivity contribution is 0.637. The molecule has 0 fully saturated rings. The highest BCUT2D eigenvalue weighted by atomic mass is 15.2. The van der Waals surface area contributed by atoms with E-state index < -0.39 is 0 Å². The summed E-state index contributed by atoms with van der Waals surface area (Å²) in [7, 11) is 0. The van der Waals surface area contributed by atoms with E-state index in [1.165, 1.54) is 0 Å². The van der Waals surface area contributed by atoms with Crippen molar-refractivity contribution in [3.63, 3.8) is 0 Å². The molecule has 3 N–H and O–H groups in total. The Morgan fingerprint density at radius 1 is 1.00 bits per heavy atom. The number of hydrogen-bond donors (Lipinski definition) is 2. The van der Waals surface area contributed by atoms with Crippen molar-refractivity contribution in [3.05, 3.63) is 71.7 Å². The molecular weight excluding hydrogens is 248 g/mol. The number of benzene rings is 1. The van der Waals surface area contributed by atoms with Crippen LogP contribution in [0.15, 0.2) is 54.9 Å². The van der Waals surface area contributed by atoms with Gasteiger partial charge in [-0.25, -0.2) is 5.43 Å². The number of aromatic nitrogens is 2. The fourth-order valence-corrected chi connectivity index (χ4v) is 2.37. The van der Waals surface area contributed by atoms with E-state index in [1.807, 2.05) is 31.2 Å². The number of nitrogens with two attached hydrogens (primary N) is 1. The minimum absolute atomic E-state index is 0.0521. The van der Waals surface area contributed by atoms with Crippen molar-refractivity contribution in [2.75, 3.05) is 0 Å². The van der Waals surface area contributed by atoms with Crippen LogP contribution in [0.4, 0.5) is 0 Å². The van der Waals surface area contributed by atoms with Crippen LogP contribution in [0.5, 0.6) is 0 Å². The Morgan fingerprint density at radius 3 is 2.55 bits per heavy atom. The maximum atomic E-state index is 5.72. The van der Waals surface area contributed by atoms with Crippen molar-refractivity contribution < 1.29 is 0 Å². The third kappa shape index (κ3) is 2.39. The van der Waals surface area contributed by atoms with Gasteiger partial charge in [0.2, 0.25) is 0 Å². The molecule has 2 heterocycles. The number of nitrogens with zero attached hydrogens (tertiary/aromatic N) is 2. The molecule has 0 aliphatic heterocycles. The number of pyridine rings is 2. The van der Waals surface area contributed by atoms with Crippen LogP contribution in [-0.4, -0.2) is 9.97 Å². The van der Waals surface area contributed by atoms with Crippen LogP contribution in [0.3, 0.4) is 0 Å². The molecule has 1 aromatic carbocycles. The van der Waals surface area contributed by atoms with Crippen LogP contribution in [0, 0.1) is 6.92 Å². The second kappa shape index (κ2) is 5.36. The summed E-state index contributed by atoms with van der Waals surface area (Å²) in [5.74, 6) is 5.72. The summed E-state index contributed by atoms with van der Waals surface area (Å²) in [5.41, 5.74) is 7.08. The second-order valence-corrected chi connectivity index (χ2v) is 4.78. The predicted molar refractivity (Wildman–Crippen MR) is 79.9 cm³/mol. The molecule has 0 radical (unpaired) electrons. The van der Waals surface area contributed by atoms with Crippen LogP contribution in [0.1, 0.15) is 22.9 Å². The van der Waals surface area contributed by atoms with E-state index in [2.05, 4.69) is 33.6 Å². The largest absolute Gasteiger partial charge is 0.271 e. The lowest BCUT2D eigenvalue weighted by atomic mass is 9.98. The monoisotopic (exact) mass is 264 g/mol. The SMILES string of the molecule is Cc1ccc2cc(C(NN)c3ccncc3)ccc2n1. The molecule has 0 spiro atoms. The highest BCUT2D eigenvalue weighted by Crippen LogP contribution is 2.24. The summed E-state index contributed by atoms with van der Waals surface area (Å²) in [5, 5.41) is 1.11. The van der Waals surface area contributed by atoms with E-state index in [9.17, 15) is 0 Å². The number of hydrogen-bond acceptors (Lipinski definition) is 4. The van der Waals surface area contributed by atoms with Crippen molar-refractivity contribution in [1.82, 2.24) is 15.4 Å². The van der Waals surface area contributed by atoms with Gasteiger partial charge in [0.05, 0.1) is 11.6 Å². The molecule has 4 heteroatoms. The molecule has 0 bridgehead atoms. The van der Waals surface area contributed by atoms with E-state index in [0.717, 1.165) is 27.7 Å². The first-order valence-electron chi connectivity index (χ1n) is 6.51. The minimum atomic E-state index is -0.0521. The zero-order valence-electron chi connectivity index (χ0n) is 11.2. The van der Waals surface area contributed by atoms with E-state index >= 15 is 0 Å². The Bertz CT molecular complexity index is 725. The van der Waals surface area contributed by atoms with Crippen molar-refractivity contribution in [2.24, 2.45) is 5.84 Å². The number of aryl methyl sites for hydroxylation is 1. The number of hydrazine groups is 1. The van der Waals surface area contributed by atoms with Crippen LogP contribution in [0.25, 0.3) is 10.9 Å². The zero-order chi connectivity index (χ0) is 13.9. The van der Waals surface area contributed by atoms with Crippen LogP contribution < -0.4 is 11.3 Å². The van der Waals surface area contributed by atoms with E-state index in [-0.39, 0.29) is 6.04 Å². The van der Waals surface area contributed by atoms with Gasteiger partial charge in [-0.05, 0) is 48.4 Å². The van der Waals surface area contributed by atoms with Gasteiger partial charge >= 0.3 is 0 Å². The summed E-state index contributed by atoms with van der Waals surface area (Å²) in [4.78, 5) is 8.55. The number of rotatable bonds is 3. The molecule has 0 saturated heterocycles. The summed E-state index contributed by atoms with van der Waals surface area (Å²) in [6.07, 6.45) is 3.54. The normalized spacial score (nSPS) is 12.5. The highest BCUT2D eigenvalue weighted by molar-refractivity contribution is 5.79. The lowest BCUT2D eigenvalue weighted by Gasteiger charge is -2.17. The van der Waals surface area contributed by atoms with E-state index in [1.54, 1.807) is 12.4 Å². The summed E-state index contributed by atoms with van der Waals surface area (Å²) in [6.45, 7) is 1.99. The van der Waals surface area contributed by atoms with Gasteiger partial charge in [0, 0.05) is 23.5 Å². The predicted octanol–water partition coefficient (Wildman–Crippen LogP) is 2.49. The maximum absolute atomic E-state index is 5.72. The third-order valence-electron chi connectivity index (χ3n) is 3.39. The molecule has 20 heavy (non-hydrogen) atoms. The molecule has 1 unspecified atom stereocenters. The Balaban J connectivity index is 2.06. The lowest BCUT2D eigenvalue weighted by Crippen LogP contribution is -2.28. The molecule has 0 amide bonds. The quantitative estimate of drug-likeness (QED) is 0.563. The van der Waals surface area contributed by atoms with Gasteiger partial charge < -0.3 is 0 Å². The molecule has 1 atom stereocenters. The van der Waals surface area contributed by atoms with Crippen LogP contribution in [0.2, 0.25) is 0 Å². The molecule has 3 aromatic rings. The summed E-state index contributed by atoms with van der Waals surface area (Å²) in [6, 6.07) is 14.2. The van der Waals surface area contributed by atoms with Gasteiger partial charge in [0.1, 0.15) is 0 Å². The first-order chi connectivity index (χ1) is 9.78. The van der Waals surface area contributed by atoms with Crippen molar-refractivity contribution >= 4 is 10.9 Å². The Morgan fingerprint density at radius 2 is 1.80 bits per heavy atom. The summed E-state index contributed by atoms with van der Waals surface area (Å²) >= 11 is 0. The molecule has 3 rings (SSSR count). The standard InChI is InChI=1S/C16H16N4/c1-11-2-3-13-10-14(4-5-15(13)19-11)16(20-17)12-6-8-18-9-7-12/h2-10,16,20H,17H2,1H3. The van der Waals surface area contributed by atoms with Gasteiger partial charge in [-0.2, -0.15) is 0 Å². The van der Waals surface area contributed by atoms with Crippen molar-refractivity contribution in [2.45, 2.75) is 13.0 Å². The van der Waals surface area contributed by atoms with Gasteiger partial charge in [-0.1, -0.05) is 12.1 Å². The topological polar surface area (TPSA) is 63.8 Å². The Kier molecular flexibility index (Phi) is 3.41. The minimum Gasteiger partial charge on any atom is -0.271 e. The Labute approximate surface area is 117 Å². The average molecular weight is 264 g/mol. The highest BCUT2D eigenvalue weighted by Gasteiger charge is 2.12. The average Bonchev–Trinajstić information content (AvgIpc) is 2.49. The zero-order valence-corrected chi connectivity index (χ0v) is 11.2. The fourth-order valence-electron chi connectivity index (χ4n) is 2.37. The first-order valence-corrected chi connectivity index (χ1v) is 6.51. The van der Waals surface area contributed by atoms with Gasteiger partial charge in [0.25, 0.3) is 0 Å². The van der Waals surface area contributed by atoms with E-state index in [4.69, 9.17) is 5.84 Å². The smallest absolute Gasteiger partial charge is 0.0711 e.